The molecule has 0 N–H and O–H groups in total. The smallest absolute Gasteiger partial charge is 0.231 e. The van der Waals surface area contributed by atoms with Crippen LogP contribution < -0.4 is 0 Å². The predicted octanol–water partition coefficient (Wildman–Crippen LogP) is 3.51. The zero-order valence-electron chi connectivity index (χ0n) is 14.1. The number of benzene rings is 1. The number of hydrogen-bond donors (Lipinski definition) is 0. The summed E-state index contributed by atoms with van der Waals surface area (Å²) in [5.74, 6) is 1.05. The first-order valence-electron chi connectivity index (χ1n) is 8.51. The fraction of sp³-hybridized carbons (Fsp3) is 0.333. The van der Waals surface area contributed by atoms with Crippen molar-refractivity contribution in [3.63, 3.8) is 0 Å². The summed E-state index contributed by atoms with van der Waals surface area (Å²) in [6.07, 6.45) is 1.64. The van der Waals surface area contributed by atoms with E-state index in [1.807, 2.05) is 47.8 Å². The Kier molecular flexibility index (Phi) is 4.88. The Bertz CT molecular complexity index is 953. The van der Waals surface area contributed by atoms with Crippen molar-refractivity contribution < 1.29 is 12.9 Å². The second-order valence-corrected chi connectivity index (χ2v) is 9.29. The number of piperidine rings is 1. The molecular formula is C18H19N3O3S2. The molecule has 1 aromatic carbocycles. The van der Waals surface area contributed by atoms with Crippen LogP contribution in [0.4, 0.5) is 0 Å². The van der Waals surface area contributed by atoms with Crippen LogP contribution in [0.5, 0.6) is 0 Å². The molecule has 0 amide bonds. The molecule has 0 saturated carbocycles. The van der Waals surface area contributed by atoms with Gasteiger partial charge >= 0.3 is 0 Å². The monoisotopic (exact) mass is 389 g/mol. The summed E-state index contributed by atoms with van der Waals surface area (Å²) in [6, 6.07) is 13.1. The lowest BCUT2D eigenvalue weighted by atomic mass is 10.00. The van der Waals surface area contributed by atoms with Gasteiger partial charge in [-0.1, -0.05) is 41.6 Å². The highest BCUT2D eigenvalue weighted by molar-refractivity contribution is 7.88. The van der Waals surface area contributed by atoms with Crippen LogP contribution in [0.15, 0.2) is 52.4 Å². The number of hydrogen-bond acceptors (Lipinski definition) is 6. The lowest BCUT2D eigenvalue weighted by molar-refractivity contribution is 0.265. The molecule has 1 aliphatic rings. The van der Waals surface area contributed by atoms with Crippen molar-refractivity contribution >= 4 is 21.4 Å². The third kappa shape index (κ3) is 3.72. The maximum atomic E-state index is 12.8. The van der Waals surface area contributed by atoms with Gasteiger partial charge in [0.1, 0.15) is 0 Å². The molecule has 0 unspecified atom stereocenters. The molecule has 3 aromatic rings. The zero-order valence-corrected chi connectivity index (χ0v) is 15.7. The summed E-state index contributed by atoms with van der Waals surface area (Å²) in [5.41, 5.74) is 0.799. The first-order chi connectivity index (χ1) is 12.6. The van der Waals surface area contributed by atoms with Crippen LogP contribution >= 0.6 is 11.3 Å². The Morgan fingerprint density at radius 2 is 2.04 bits per heavy atom. The van der Waals surface area contributed by atoms with E-state index in [1.165, 1.54) is 0 Å². The first-order valence-corrected chi connectivity index (χ1v) is 11.0. The van der Waals surface area contributed by atoms with Crippen molar-refractivity contribution in [1.29, 1.82) is 0 Å². The van der Waals surface area contributed by atoms with E-state index in [0.717, 1.165) is 23.3 Å². The van der Waals surface area contributed by atoms with Gasteiger partial charge in [0.05, 0.1) is 16.5 Å². The Morgan fingerprint density at radius 1 is 1.19 bits per heavy atom. The van der Waals surface area contributed by atoms with Crippen LogP contribution in [-0.4, -0.2) is 36.0 Å². The number of thiophene rings is 1. The van der Waals surface area contributed by atoms with Crippen molar-refractivity contribution in [2.45, 2.75) is 24.5 Å². The lowest BCUT2D eigenvalue weighted by Gasteiger charge is -2.30. The van der Waals surface area contributed by atoms with Crippen LogP contribution in [0.2, 0.25) is 0 Å². The maximum Gasteiger partial charge on any atom is 0.231 e. The predicted molar refractivity (Wildman–Crippen MR) is 100 cm³/mol. The van der Waals surface area contributed by atoms with Gasteiger partial charge in [-0.25, -0.2) is 12.7 Å². The van der Waals surface area contributed by atoms with Gasteiger partial charge < -0.3 is 4.52 Å². The second-order valence-electron chi connectivity index (χ2n) is 6.37. The lowest BCUT2D eigenvalue weighted by Crippen LogP contribution is -2.39. The van der Waals surface area contributed by atoms with Crippen LogP contribution in [0.3, 0.4) is 0 Å². The van der Waals surface area contributed by atoms with Gasteiger partial charge in [0, 0.05) is 13.1 Å². The quantitative estimate of drug-likeness (QED) is 0.667. The molecule has 4 rings (SSSR count). The Morgan fingerprint density at radius 3 is 2.81 bits per heavy atom. The summed E-state index contributed by atoms with van der Waals surface area (Å²) in [4.78, 5) is 5.44. The first kappa shape index (κ1) is 17.4. The molecule has 26 heavy (non-hydrogen) atoms. The second kappa shape index (κ2) is 7.30. The van der Waals surface area contributed by atoms with E-state index in [9.17, 15) is 8.42 Å². The fourth-order valence-electron chi connectivity index (χ4n) is 3.18. The maximum absolute atomic E-state index is 12.8. The Balaban J connectivity index is 1.49. The third-order valence-electron chi connectivity index (χ3n) is 4.50. The van der Waals surface area contributed by atoms with Crippen LogP contribution in [0.25, 0.3) is 10.7 Å². The molecule has 0 aliphatic carbocycles. The summed E-state index contributed by atoms with van der Waals surface area (Å²) in [5, 5.41) is 6.01. The van der Waals surface area contributed by atoms with Gasteiger partial charge in [-0.15, -0.1) is 11.3 Å². The van der Waals surface area contributed by atoms with Gasteiger partial charge in [0.25, 0.3) is 0 Å². The molecule has 1 saturated heterocycles. The summed E-state index contributed by atoms with van der Waals surface area (Å²) >= 11 is 1.55. The molecule has 0 radical (unpaired) electrons. The van der Waals surface area contributed by atoms with Crippen molar-refractivity contribution in [2.75, 3.05) is 13.1 Å². The molecule has 0 spiro atoms. The van der Waals surface area contributed by atoms with Gasteiger partial charge in [-0.3, -0.25) is 0 Å². The number of aromatic nitrogens is 2. The number of rotatable bonds is 5. The summed E-state index contributed by atoms with van der Waals surface area (Å²) < 4.78 is 32.6. The van der Waals surface area contributed by atoms with E-state index in [1.54, 1.807) is 15.6 Å². The minimum atomic E-state index is -3.37. The van der Waals surface area contributed by atoms with Crippen molar-refractivity contribution in [3.05, 3.63) is 59.3 Å². The van der Waals surface area contributed by atoms with E-state index in [0.29, 0.717) is 24.8 Å². The SMILES string of the molecule is O=S(=O)(Cc1ccccc1)N1CCC[C@@H](c2nc(-c3cccs3)no2)C1. The number of sulfonamides is 1. The topological polar surface area (TPSA) is 76.3 Å². The Hall–Kier alpha value is -2.03. The van der Waals surface area contributed by atoms with Crippen LogP contribution in [0.1, 0.15) is 30.2 Å². The molecule has 136 valence electrons. The van der Waals surface area contributed by atoms with Gasteiger partial charge in [0.15, 0.2) is 0 Å². The van der Waals surface area contributed by atoms with Crippen molar-refractivity contribution in [3.8, 4) is 10.7 Å². The van der Waals surface area contributed by atoms with E-state index in [2.05, 4.69) is 10.1 Å². The van der Waals surface area contributed by atoms with Crippen molar-refractivity contribution in [1.82, 2.24) is 14.4 Å². The van der Waals surface area contributed by atoms with E-state index in [4.69, 9.17) is 4.52 Å². The molecule has 8 heteroatoms. The summed E-state index contributed by atoms with van der Waals surface area (Å²) in [6.45, 7) is 0.929. The molecule has 1 fully saturated rings. The largest absolute Gasteiger partial charge is 0.339 e. The molecule has 0 bridgehead atoms. The Labute approximate surface area is 156 Å². The van der Waals surface area contributed by atoms with Crippen LogP contribution in [0, 0.1) is 0 Å². The normalized spacial score (nSPS) is 18.8. The average Bonchev–Trinajstić information content (AvgIpc) is 3.34. The highest BCUT2D eigenvalue weighted by atomic mass is 32.2. The highest BCUT2D eigenvalue weighted by Gasteiger charge is 2.32. The molecule has 3 heterocycles. The number of nitrogens with zero attached hydrogens (tertiary/aromatic N) is 3. The molecule has 6 nitrogen and oxygen atoms in total. The highest BCUT2D eigenvalue weighted by Crippen LogP contribution is 2.30. The third-order valence-corrected chi connectivity index (χ3v) is 7.18. The van der Waals surface area contributed by atoms with E-state index >= 15 is 0 Å². The summed E-state index contributed by atoms with van der Waals surface area (Å²) in [7, 11) is -3.37. The van der Waals surface area contributed by atoms with E-state index in [-0.39, 0.29) is 11.7 Å². The van der Waals surface area contributed by atoms with Gasteiger partial charge in [-0.2, -0.15) is 4.98 Å². The van der Waals surface area contributed by atoms with Crippen LogP contribution in [-0.2, 0) is 15.8 Å². The minimum absolute atomic E-state index is 0.0187. The fourth-order valence-corrected chi connectivity index (χ4v) is 5.44. The standard InChI is InChI=1S/C18H19N3O3S2/c22-26(23,13-14-6-2-1-3-7-14)21-10-4-8-15(12-21)18-19-17(20-24-18)16-9-5-11-25-16/h1-3,5-7,9,11,15H,4,8,10,12-13H2/t15-/m1/s1. The van der Waals surface area contributed by atoms with Crippen molar-refractivity contribution in [2.24, 2.45) is 0 Å². The van der Waals surface area contributed by atoms with Gasteiger partial charge in [-0.05, 0) is 29.9 Å². The molecule has 1 atom stereocenters. The molecule has 2 aromatic heterocycles. The van der Waals surface area contributed by atoms with Gasteiger partial charge in [0.2, 0.25) is 21.7 Å². The minimum Gasteiger partial charge on any atom is -0.339 e. The van der Waals surface area contributed by atoms with E-state index < -0.39 is 10.0 Å². The molecule has 1 aliphatic heterocycles. The zero-order chi connectivity index (χ0) is 18.0. The molecular weight excluding hydrogens is 370 g/mol. The average molecular weight is 390 g/mol.